The van der Waals surface area contributed by atoms with E-state index in [1.807, 2.05) is 30.3 Å². The Morgan fingerprint density at radius 3 is 2.88 bits per heavy atom. The zero-order valence-corrected chi connectivity index (χ0v) is 9.91. The number of fused-ring (bicyclic) bond motifs is 1. The quantitative estimate of drug-likeness (QED) is 0.821. The Balaban J connectivity index is 2.59. The molecule has 0 bridgehead atoms. The standard InChI is InChI=1S/C12H14N2OS/c1-16(15)12(8-13)10-4-2-6-11-9(10)5-3-7-14-11/h2-7,12H,8,13H2,1H3. The molecule has 0 aliphatic carbocycles. The van der Waals surface area contributed by atoms with Gasteiger partial charge in [-0.25, -0.2) is 0 Å². The molecule has 1 aromatic heterocycles. The van der Waals surface area contributed by atoms with Crippen molar-refractivity contribution in [2.75, 3.05) is 12.8 Å². The minimum atomic E-state index is -0.963. The summed E-state index contributed by atoms with van der Waals surface area (Å²) in [5, 5.41) is 0.920. The van der Waals surface area contributed by atoms with E-state index in [0.29, 0.717) is 6.54 Å². The number of aromatic nitrogens is 1. The van der Waals surface area contributed by atoms with Crippen molar-refractivity contribution in [3.8, 4) is 0 Å². The lowest BCUT2D eigenvalue weighted by Gasteiger charge is -2.18. The first-order valence-corrected chi connectivity index (χ1v) is 6.72. The topological polar surface area (TPSA) is 62.0 Å². The van der Waals surface area contributed by atoms with E-state index in [2.05, 4.69) is 4.98 Å². The van der Waals surface area contributed by atoms with Gasteiger partial charge in [-0.1, -0.05) is 18.2 Å². The van der Waals surface area contributed by atoms with Gasteiger partial charge in [0.05, 0.1) is 11.8 Å². The van der Waals surface area contributed by atoms with Gasteiger partial charge in [-0.15, -0.1) is 0 Å². The lowest BCUT2D eigenvalue weighted by atomic mass is 10.1. The Kier molecular flexibility index (Phi) is 3.43. The summed E-state index contributed by atoms with van der Waals surface area (Å²) in [7, 11) is 0. The Morgan fingerprint density at radius 1 is 1.38 bits per heavy atom. The van der Waals surface area contributed by atoms with Crippen LogP contribution in [0.15, 0.2) is 36.5 Å². The van der Waals surface area contributed by atoms with Gasteiger partial charge in [-0.3, -0.25) is 4.98 Å². The molecule has 0 spiro atoms. The first kappa shape index (κ1) is 11.4. The number of benzene rings is 1. The average molecular weight is 234 g/mol. The Morgan fingerprint density at radius 2 is 2.19 bits per heavy atom. The largest absolute Gasteiger partial charge is 0.616 e. The number of pyridine rings is 1. The predicted octanol–water partition coefficient (Wildman–Crippen LogP) is 1.61. The minimum absolute atomic E-state index is 0.118. The van der Waals surface area contributed by atoms with Crippen molar-refractivity contribution in [2.24, 2.45) is 5.73 Å². The number of rotatable bonds is 3. The predicted molar refractivity (Wildman–Crippen MR) is 67.6 cm³/mol. The van der Waals surface area contributed by atoms with Gasteiger partial charge >= 0.3 is 0 Å². The molecule has 1 aromatic carbocycles. The second-order valence-corrected chi connectivity index (χ2v) is 5.21. The van der Waals surface area contributed by atoms with Crippen LogP contribution < -0.4 is 5.73 Å². The molecule has 2 atom stereocenters. The number of nitrogens with two attached hydrogens (primary N) is 1. The van der Waals surface area contributed by atoms with Gasteiger partial charge in [0.15, 0.2) is 5.25 Å². The molecule has 2 unspecified atom stereocenters. The highest BCUT2D eigenvalue weighted by molar-refractivity contribution is 7.91. The van der Waals surface area contributed by atoms with Crippen LogP contribution in [0.5, 0.6) is 0 Å². The molecule has 84 valence electrons. The van der Waals surface area contributed by atoms with E-state index in [-0.39, 0.29) is 5.25 Å². The fourth-order valence-corrected chi connectivity index (χ4v) is 2.68. The molecule has 2 aromatic rings. The monoisotopic (exact) mass is 234 g/mol. The van der Waals surface area contributed by atoms with E-state index in [0.717, 1.165) is 16.5 Å². The summed E-state index contributed by atoms with van der Waals surface area (Å²) < 4.78 is 11.6. The van der Waals surface area contributed by atoms with E-state index in [4.69, 9.17) is 5.73 Å². The van der Waals surface area contributed by atoms with Crippen molar-refractivity contribution < 1.29 is 4.55 Å². The summed E-state index contributed by atoms with van der Waals surface area (Å²) in [6.45, 7) is 0.386. The SMILES string of the molecule is C[S+]([O-])C(CN)c1cccc2ncccc12. The van der Waals surface area contributed by atoms with Crippen LogP contribution in [0.25, 0.3) is 10.9 Å². The fourth-order valence-electron chi connectivity index (χ4n) is 1.85. The Hall–Kier alpha value is -1.10. The second-order valence-electron chi connectivity index (χ2n) is 3.64. The van der Waals surface area contributed by atoms with Gasteiger partial charge in [0.2, 0.25) is 0 Å². The summed E-state index contributed by atoms with van der Waals surface area (Å²) in [4.78, 5) is 4.28. The molecular weight excluding hydrogens is 220 g/mol. The van der Waals surface area contributed by atoms with Crippen LogP contribution in [-0.4, -0.2) is 22.3 Å². The van der Waals surface area contributed by atoms with Crippen molar-refractivity contribution in [2.45, 2.75) is 5.25 Å². The van der Waals surface area contributed by atoms with E-state index in [9.17, 15) is 4.55 Å². The third kappa shape index (κ3) is 2.04. The highest BCUT2D eigenvalue weighted by Crippen LogP contribution is 2.27. The van der Waals surface area contributed by atoms with Gasteiger partial charge in [-0.05, 0) is 23.3 Å². The second kappa shape index (κ2) is 4.82. The normalized spacial score (nSPS) is 14.9. The van der Waals surface area contributed by atoms with Crippen molar-refractivity contribution in [1.29, 1.82) is 0 Å². The Bertz CT molecular complexity index is 482. The Labute approximate surface area is 97.9 Å². The van der Waals surface area contributed by atoms with Crippen molar-refractivity contribution in [3.05, 3.63) is 42.1 Å². The van der Waals surface area contributed by atoms with Gasteiger partial charge in [0.1, 0.15) is 0 Å². The third-order valence-corrected chi connectivity index (χ3v) is 3.89. The first-order valence-electron chi connectivity index (χ1n) is 5.10. The molecule has 3 nitrogen and oxygen atoms in total. The van der Waals surface area contributed by atoms with Crippen LogP contribution in [0.3, 0.4) is 0 Å². The molecule has 4 heteroatoms. The van der Waals surface area contributed by atoms with Crippen LogP contribution in [0.2, 0.25) is 0 Å². The maximum Gasteiger partial charge on any atom is 0.153 e. The molecule has 2 N–H and O–H groups in total. The lowest BCUT2D eigenvalue weighted by Crippen LogP contribution is -2.21. The van der Waals surface area contributed by atoms with Crippen LogP contribution in [-0.2, 0) is 11.2 Å². The average Bonchev–Trinajstić information content (AvgIpc) is 2.30. The molecule has 0 saturated carbocycles. The summed E-state index contributed by atoms with van der Waals surface area (Å²) in [5.74, 6) is 0. The molecule has 0 saturated heterocycles. The minimum Gasteiger partial charge on any atom is -0.616 e. The smallest absolute Gasteiger partial charge is 0.153 e. The highest BCUT2D eigenvalue weighted by Gasteiger charge is 2.21. The van der Waals surface area contributed by atoms with Gasteiger partial charge in [0, 0.05) is 23.7 Å². The van der Waals surface area contributed by atoms with E-state index >= 15 is 0 Å². The molecular formula is C12H14N2OS. The van der Waals surface area contributed by atoms with E-state index in [1.54, 1.807) is 12.5 Å². The van der Waals surface area contributed by atoms with Crippen LogP contribution in [0, 0.1) is 0 Å². The summed E-state index contributed by atoms with van der Waals surface area (Å²) in [5.41, 5.74) is 7.63. The van der Waals surface area contributed by atoms with Gasteiger partial charge in [-0.2, -0.15) is 0 Å². The molecule has 0 aliphatic heterocycles. The van der Waals surface area contributed by atoms with E-state index in [1.165, 1.54) is 0 Å². The van der Waals surface area contributed by atoms with Gasteiger partial charge in [0.25, 0.3) is 0 Å². The van der Waals surface area contributed by atoms with Crippen molar-refractivity contribution in [1.82, 2.24) is 4.98 Å². The third-order valence-electron chi connectivity index (χ3n) is 2.64. The molecule has 0 aliphatic rings. The summed E-state index contributed by atoms with van der Waals surface area (Å²) >= 11 is -0.963. The number of hydrogen-bond acceptors (Lipinski definition) is 3. The number of hydrogen-bond donors (Lipinski definition) is 1. The van der Waals surface area contributed by atoms with E-state index < -0.39 is 11.2 Å². The zero-order chi connectivity index (χ0) is 11.5. The highest BCUT2D eigenvalue weighted by atomic mass is 32.2. The van der Waals surface area contributed by atoms with Gasteiger partial charge < -0.3 is 10.3 Å². The summed E-state index contributed by atoms with van der Waals surface area (Å²) in [6.07, 6.45) is 3.44. The van der Waals surface area contributed by atoms with Crippen LogP contribution in [0.4, 0.5) is 0 Å². The lowest BCUT2D eigenvalue weighted by molar-refractivity contribution is 0.588. The van der Waals surface area contributed by atoms with Crippen molar-refractivity contribution >= 4 is 22.1 Å². The van der Waals surface area contributed by atoms with Crippen LogP contribution in [0.1, 0.15) is 10.8 Å². The number of nitrogens with zero attached hydrogens (tertiary/aromatic N) is 1. The maximum atomic E-state index is 11.6. The molecule has 0 radical (unpaired) electrons. The molecule has 16 heavy (non-hydrogen) atoms. The molecule has 2 rings (SSSR count). The maximum absolute atomic E-state index is 11.6. The van der Waals surface area contributed by atoms with Crippen LogP contribution >= 0.6 is 0 Å². The molecule has 0 fully saturated rings. The first-order chi connectivity index (χ1) is 7.74. The summed E-state index contributed by atoms with van der Waals surface area (Å²) in [6, 6.07) is 9.74. The molecule has 0 amide bonds. The van der Waals surface area contributed by atoms with Crippen molar-refractivity contribution in [3.63, 3.8) is 0 Å². The molecule has 1 heterocycles. The fraction of sp³-hybridized carbons (Fsp3) is 0.250. The zero-order valence-electron chi connectivity index (χ0n) is 9.09.